The maximum Gasteiger partial charge on any atom is 0.238 e. The number of hydrogen-bond acceptors (Lipinski definition) is 3. The van der Waals surface area contributed by atoms with Gasteiger partial charge >= 0.3 is 0 Å². The summed E-state index contributed by atoms with van der Waals surface area (Å²) in [6.45, 7) is 7.15. The van der Waals surface area contributed by atoms with Crippen LogP contribution in [-0.2, 0) is 4.79 Å². The van der Waals surface area contributed by atoms with Gasteiger partial charge in [-0.05, 0) is 6.92 Å². The molecule has 0 aromatic carbocycles. The molecule has 1 rings (SSSR count). The molecular formula is C9H16N2OS. The van der Waals surface area contributed by atoms with Crippen LogP contribution < -0.4 is 10.6 Å². The van der Waals surface area contributed by atoms with Gasteiger partial charge in [-0.2, -0.15) is 11.8 Å². The maximum absolute atomic E-state index is 11.5. The molecule has 0 aromatic rings. The fourth-order valence-corrected chi connectivity index (χ4v) is 2.03. The van der Waals surface area contributed by atoms with E-state index in [9.17, 15) is 4.79 Å². The van der Waals surface area contributed by atoms with Gasteiger partial charge in [0.2, 0.25) is 5.91 Å². The van der Waals surface area contributed by atoms with Crippen LogP contribution in [0.1, 0.15) is 6.92 Å². The molecule has 0 radical (unpaired) electrons. The van der Waals surface area contributed by atoms with E-state index in [-0.39, 0.29) is 11.9 Å². The normalized spacial score (nSPS) is 22.4. The van der Waals surface area contributed by atoms with Gasteiger partial charge in [0.25, 0.3) is 0 Å². The predicted molar refractivity (Wildman–Crippen MR) is 56.9 cm³/mol. The van der Waals surface area contributed by atoms with Gasteiger partial charge in [-0.25, -0.2) is 0 Å². The quantitative estimate of drug-likeness (QED) is 0.647. The van der Waals surface area contributed by atoms with Gasteiger partial charge in [-0.15, -0.1) is 0 Å². The van der Waals surface area contributed by atoms with E-state index in [0.29, 0.717) is 6.54 Å². The van der Waals surface area contributed by atoms with E-state index in [1.807, 2.05) is 18.7 Å². The number of nitrogens with one attached hydrogen (secondary N) is 2. The van der Waals surface area contributed by atoms with Gasteiger partial charge in [-0.3, -0.25) is 4.79 Å². The predicted octanol–water partition coefficient (Wildman–Crippen LogP) is 0.384. The van der Waals surface area contributed by atoms with Crippen molar-refractivity contribution in [2.75, 3.05) is 24.6 Å². The van der Waals surface area contributed by atoms with Gasteiger partial charge in [0.1, 0.15) is 0 Å². The Morgan fingerprint density at radius 2 is 2.54 bits per heavy atom. The van der Waals surface area contributed by atoms with Crippen LogP contribution in [0.2, 0.25) is 0 Å². The Morgan fingerprint density at radius 1 is 1.77 bits per heavy atom. The molecule has 1 saturated heterocycles. The SMILES string of the molecule is C=C(C)CNC(=O)C1CSCCN1. The number of carbonyl (C=O) groups excluding carboxylic acids is 1. The van der Waals surface area contributed by atoms with Crippen molar-refractivity contribution in [3.8, 4) is 0 Å². The van der Waals surface area contributed by atoms with Crippen molar-refractivity contribution in [3.63, 3.8) is 0 Å². The van der Waals surface area contributed by atoms with Crippen LogP contribution in [0, 0.1) is 0 Å². The van der Waals surface area contributed by atoms with Crippen LogP contribution in [-0.4, -0.2) is 36.5 Å². The molecule has 0 aliphatic carbocycles. The molecule has 1 fully saturated rings. The molecule has 2 N–H and O–H groups in total. The lowest BCUT2D eigenvalue weighted by molar-refractivity contribution is -0.122. The van der Waals surface area contributed by atoms with Crippen molar-refractivity contribution >= 4 is 17.7 Å². The minimum atomic E-state index is -0.0156. The Morgan fingerprint density at radius 3 is 3.08 bits per heavy atom. The molecule has 1 atom stereocenters. The molecule has 1 aliphatic heterocycles. The fourth-order valence-electron chi connectivity index (χ4n) is 1.10. The summed E-state index contributed by atoms with van der Waals surface area (Å²) in [5, 5.41) is 6.02. The third kappa shape index (κ3) is 3.83. The fraction of sp³-hybridized carbons (Fsp3) is 0.667. The third-order valence-electron chi connectivity index (χ3n) is 1.80. The van der Waals surface area contributed by atoms with Gasteiger partial charge in [0.05, 0.1) is 6.04 Å². The number of carbonyl (C=O) groups is 1. The summed E-state index contributed by atoms with van der Waals surface area (Å²) in [6, 6.07) is -0.0156. The lowest BCUT2D eigenvalue weighted by Crippen LogP contribution is -2.49. The van der Waals surface area contributed by atoms with E-state index in [0.717, 1.165) is 23.6 Å². The summed E-state index contributed by atoms with van der Waals surface area (Å²) < 4.78 is 0. The second-order valence-electron chi connectivity index (χ2n) is 3.26. The lowest BCUT2D eigenvalue weighted by atomic mass is 10.3. The second-order valence-corrected chi connectivity index (χ2v) is 4.41. The minimum Gasteiger partial charge on any atom is -0.351 e. The van der Waals surface area contributed by atoms with Gasteiger partial charge in [0, 0.05) is 24.6 Å². The first-order valence-corrected chi connectivity index (χ1v) is 5.59. The highest BCUT2D eigenvalue weighted by atomic mass is 32.2. The average Bonchev–Trinajstić information content (AvgIpc) is 2.15. The number of thioether (sulfide) groups is 1. The van der Waals surface area contributed by atoms with Crippen LogP contribution in [0.25, 0.3) is 0 Å². The highest BCUT2D eigenvalue weighted by Crippen LogP contribution is 2.07. The molecule has 0 spiro atoms. The first-order valence-electron chi connectivity index (χ1n) is 4.43. The molecular weight excluding hydrogens is 184 g/mol. The molecule has 0 aromatic heterocycles. The molecule has 13 heavy (non-hydrogen) atoms. The lowest BCUT2D eigenvalue weighted by Gasteiger charge is -2.22. The molecule has 1 heterocycles. The molecule has 1 amide bonds. The van der Waals surface area contributed by atoms with E-state index in [1.54, 1.807) is 0 Å². The van der Waals surface area contributed by atoms with Crippen molar-refractivity contribution in [2.24, 2.45) is 0 Å². The highest BCUT2D eigenvalue weighted by Gasteiger charge is 2.19. The van der Waals surface area contributed by atoms with Crippen molar-refractivity contribution < 1.29 is 4.79 Å². The van der Waals surface area contributed by atoms with E-state index >= 15 is 0 Å². The Kier molecular flexibility index (Phi) is 4.32. The Hall–Kier alpha value is -0.480. The first-order chi connectivity index (χ1) is 6.20. The Labute approximate surface area is 83.3 Å². The number of rotatable bonds is 3. The molecule has 4 heteroatoms. The monoisotopic (exact) mass is 200 g/mol. The Balaban J connectivity index is 2.25. The number of amides is 1. The largest absolute Gasteiger partial charge is 0.351 e. The average molecular weight is 200 g/mol. The third-order valence-corrected chi connectivity index (χ3v) is 2.86. The van der Waals surface area contributed by atoms with Crippen LogP contribution in [0.5, 0.6) is 0 Å². The standard InChI is InChI=1S/C9H16N2OS/c1-7(2)5-11-9(12)8-6-13-4-3-10-8/h8,10H,1,3-6H2,2H3,(H,11,12). The van der Waals surface area contributed by atoms with E-state index in [1.165, 1.54) is 0 Å². The summed E-state index contributed by atoms with van der Waals surface area (Å²) in [5.41, 5.74) is 0.983. The topological polar surface area (TPSA) is 41.1 Å². The van der Waals surface area contributed by atoms with E-state index in [4.69, 9.17) is 0 Å². The van der Waals surface area contributed by atoms with Crippen molar-refractivity contribution in [1.82, 2.24) is 10.6 Å². The molecule has 1 aliphatic rings. The van der Waals surface area contributed by atoms with Crippen molar-refractivity contribution in [1.29, 1.82) is 0 Å². The van der Waals surface area contributed by atoms with Gasteiger partial charge in [0.15, 0.2) is 0 Å². The van der Waals surface area contributed by atoms with E-state index < -0.39 is 0 Å². The summed E-state index contributed by atoms with van der Waals surface area (Å²) in [4.78, 5) is 11.5. The van der Waals surface area contributed by atoms with Crippen molar-refractivity contribution in [2.45, 2.75) is 13.0 Å². The van der Waals surface area contributed by atoms with E-state index in [2.05, 4.69) is 17.2 Å². The summed E-state index contributed by atoms with van der Waals surface area (Å²) >= 11 is 1.82. The second kappa shape index (κ2) is 5.29. The molecule has 1 unspecified atom stereocenters. The Bertz CT molecular complexity index is 200. The zero-order valence-electron chi connectivity index (χ0n) is 7.93. The van der Waals surface area contributed by atoms with Crippen LogP contribution in [0.3, 0.4) is 0 Å². The maximum atomic E-state index is 11.5. The summed E-state index contributed by atoms with van der Waals surface area (Å²) in [7, 11) is 0. The number of hydrogen-bond donors (Lipinski definition) is 2. The van der Waals surface area contributed by atoms with Gasteiger partial charge in [-0.1, -0.05) is 12.2 Å². The zero-order chi connectivity index (χ0) is 9.68. The smallest absolute Gasteiger partial charge is 0.238 e. The summed E-state index contributed by atoms with van der Waals surface area (Å²) in [5.74, 6) is 2.07. The summed E-state index contributed by atoms with van der Waals surface area (Å²) in [6.07, 6.45) is 0. The zero-order valence-corrected chi connectivity index (χ0v) is 8.75. The highest BCUT2D eigenvalue weighted by molar-refractivity contribution is 7.99. The van der Waals surface area contributed by atoms with Crippen LogP contribution in [0.15, 0.2) is 12.2 Å². The molecule has 74 valence electrons. The minimum absolute atomic E-state index is 0.0156. The van der Waals surface area contributed by atoms with Crippen LogP contribution >= 0.6 is 11.8 Å². The molecule has 0 bridgehead atoms. The molecule has 0 saturated carbocycles. The van der Waals surface area contributed by atoms with Crippen molar-refractivity contribution in [3.05, 3.63) is 12.2 Å². The first kappa shape index (κ1) is 10.6. The van der Waals surface area contributed by atoms with Crippen LogP contribution in [0.4, 0.5) is 0 Å². The molecule has 3 nitrogen and oxygen atoms in total. The van der Waals surface area contributed by atoms with Gasteiger partial charge < -0.3 is 10.6 Å².